The van der Waals surface area contributed by atoms with Crippen LogP contribution in [0.1, 0.15) is 0 Å². The van der Waals surface area contributed by atoms with E-state index in [1.807, 2.05) is 12.1 Å². The van der Waals surface area contributed by atoms with E-state index in [1.54, 1.807) is 0 Å². The molecule has 0 atom stereocenters. The summed E-state index contributed by atoms with van der Waals surface area (Å²) in [5.74, 6) is 0. The molecule has 0 aliphatic rings. The molecule has 0 saturated heterocycles. The molecule has 12 aromatic rings. The third kappa shape index (κ3) is 3.65. The zero-order chi connectivity index (χ0) is 33.9. The molecule has 8 aromatic carbocycles. The second-order valence-corrected chi connectivity index (χ2v) is 13.8. The molecule has 4 nitrogen and oxygen atoms in total. The van der Waals surface area contributed by atoms with E-state index in [9.17, 15) is 0 Å². The van der Waals surface area contributed by atoms with Crippen LogP contribution in [0.25, 0.3) is 110 Å². The van der Waals surface area contributed by atoms with Gasteiger partial charge in [0.1, 0.15) is 0 Å². The molecular weight excluding hydrogens is 633 g/mol. The number of fused-ring (bicyclic) bond motifs is 10. The Balaban J connectivity index is 1.21. The number of nitrogens with zero attached hydrogens (tertiary/aromatic N) is 4. The van der Waals surface area contributed by atoms with Gasteiger partial charge in [-0.25, -0.2) is 9.97 Å². The number of para-hydroxylation sites is 3. The summed E-state index contributed by atoms with van der Waals surface area (Å²) >= 11 is 0. The van der Waals surface area contributed by atoms with Gasteiger partial charge < -0.3 is 8.97 Å². The fourth-order valence-corrected chi connectivity index (χ4v) is 8.86. The van der Waals surface area contributed by atoms with E-state index in [1.165, 1.54) is 65.2 Å². The third-order valence-electron chi connectivity index (χ3n) is 11.0. The van der Waals surface area contributed by atoms with E-state index in [0.717, 1.165) is 44.8 Å². The van der Waals surface area contributed by atoms with Gasteiger partial charge in [0.25, 0.3) is 0 Å². The monoisotopic (exact) mass is 660 g/mol. The van der Waals surface area contributed by atoms with E-state index in [-0.39, 0.29) is 0 Å². The molecule has 52 heavy (non-hydrogen) atoms. The minimum absolute atomic E-state index is 0.860. The molecule has 0 N–H and O–H groups in total. The topological polar surface area (TPSA) is 35.1 Å². The number of benzene rings is 8. The first-order valence-electron chi connectivity index (χ1n) is 17.8. The Bertz CT molecular complexity index is 3390. The van der Waals surface area contributed by atoms with Gasteiger partial charge in [-0.15, -0.1) is 0 Å². The van der Waals surface area contributed by atoms with E-state index in [0.29, 0.717) is 0 Å². The minimum atomic E-state index is 0.860. The quantitative estimate of drug-likeness (QED) is 0.140. The average Bonchev–Trinajstić information content (AvgIpc) is 3.73. The van der Waals surface area contributed by atoms with Crippen molar-refractivity contribution in [2.24, 2.45) is 0 Å². The third-order valence-corrected chi connectivity index (χ3v) is 11.0. The van der Waals surface area contributed by atoms with Crippen LogP contribution in [0, 0.1) is 0 Å². The number of hydrogen-bond acceptors (Lipinski definition) is 2. The Morgan fingerprint density at radius 2 is 0.904 bits per heavy atom. The standard InChI is InChI=1S/C48H28N4/c1-3-13-29(14-4-1)46-47(30-15-5-2-6-16-30)50-39-27-31(25-26-38(39)49-46)51-41-24-10-8-18-36(41)45-37-22-11-19-33-35-21-12-20-34-32-17-7-9-23-40(32)52(48(34)35)43(44(33)37)28-42(45)51/h1-28H. The lowest BCUT2D eigenvalue weighted by atomic mass is 9.96. The SMILES string of the molecule is c1ccc(-c2nc3ccc(-n4c5ccccc5c5c6cccc7c8cccc9c%10ccccc%10n(c(cc54)c76)c89)cc3nc2-c2ccccc2)cc1. The fraction of sp³-hybridized carbons (Fsp3) is 0. The molecular formula is C48H28N4. The highest BCUT2D eigenvalue weighted by atomic mass is 15.0. The van der Waals surface area contributed by atoms with Crippen molar-refractivity contribution in [1.82, 2.24) is 18.9 Å². The predicted octanol–water partition coefficient (Wildman–Crippen LogP) is 12.4. The molecule has 0 saturated carbocycles. The van der Waals surface area contributed by atoms with Crippen molar-refractivity contribution in [2.45, 2.75) is 0 Å². The van der Waals surface area contributed by atoms with Crippen molar-refractivity contribution < 1.29 is 0 Å². The highest BCUT2D eigenvalue weighted by molar-refractivity contribution is 6.33. The Hall–Kier alpha value is -7.04. The van der Waals surface area contributed by atoms with Gasteiger partial charge in [0.05, 0.1) is 50.0 Å². The Kier molecular flexibility index (Phi) is 5.47. The van der Waals surface area contributed by atoms with Gasteiger partial charge in [-0.3, -0.25) is 0 Å². The summed E-state index contributed by atoms with van der Waals surface area (Å²) in [4.78, 5) is 10.6. The van der Waals surface area contributed by atoms with Gasteiger partial charge in [-0.1, -0.05) is 133 Å². The molecule has 0 aliphatic heterocycles. The summed E-state index contributed by atoms with van der Waals surface area (Å²) in [5, 5.41) is 10.2. The first-order valence-corrected chi connectivity index (χ1v) is 17.8. The number of pyridine rings is 1. The molecule has 0 spiro atoms. The van der Waals surface area contributed by atoms with Gasteiger partial charge in [0.15, 0.2) is 0 Å². The van der Waals surface area contributed by atoms with Crippen molar-refractivity contribution >= 4 is 81.7 Å². The number of rotatable bonds is 3. The van der Waals surface area contributed by atoms with Crippen LogP contribution in [0.4, 0.5) is 0 Å². The molecule has 0 bridgehead atoms. The molecule has 4 aromatic heterocycles. The van der Waals surface area contributed by atoms with Crippen LogP contribution in [-0.4, -0.2) is 18.9 Å². The van der Waals surface area contributed by atoms with Crippen molar-refractivity contribution in [1.29, 1.82) is 0 Å². The largest absolute Gasteiger partial charge is 0.309 e. The molecule has 0 fully saturated rings. The van der Waals surface area contributed by atoms with E-state index in [4.69, 9.17) is 9.97 Å². The van der Waals surface area contributed by atoms with Crippen LogP contribution in [0.2, 0.25) is 0 Å². The van der Waals surface area contributed by atoms with Crippen LogP contribution in [0.15, 0.2) is 170 Å². The summed E-state index contributed by atoms with van der Waals surface area (Å²) in [6.07, 6.45) is 0. The number of hydrogen-bond donors (Lipinski definition) is 0. The normalized spacial score (nSPS) is 12.2. The van der Waals surface area contributed by atoms with Gasteiger partial charge in [0, 0.05) is 49.1 Å². The maximum absolute atomic E-state index is 5.36. The van der Waals surface area contributed by atoms with Crippen LogP contribution < -0.4 is 0 Å². The zero-order valence-electron chi connectivity index (χ0n) is 28.0. The second-order valence-electron chi connectivity index (χ2n) is 13.8. The van der Waals surface area contributed by atoms with Gasteiger partial charge in [0.2, 0.25) is 0 Å². The highest BCUT2D eigenvalue weighted by Crippen LogP contribution is 2.45. The summed E-state index contributed by atoms with van der Waals surface area (Å²) in [6.45, 7) is 0. The Morgan fingerprint density at radius 1 is 0.346 bits per heavy atom. The Labute approximate surface area is 297 Å². The molecule has 12 rings (SSSR count). The molecule has 0 aliphatic carbocycles. The maximum Gasteiger partial charge on any atom is 0.0973 e. The van der Waals surface area contributed by atoms with Crippen molar-refractivity contribution in [3.63, 3.8) is 0 Å². The lowest BCUT2D eigenvalue weighted by Gasteiger charge is -2.15. The average molecular weight is 661 g/mol. The minimum Gasteiger partial charge on any atom is -0.309 e. The van der Waals surface area contributed by atoms with E-state index in [2.05, 4.69) is 167 Å². The van der Waals surface area contributed by atoms with Crippen molar-refractivity contribution in [2.75, 3.05) is 0 Å². The van der Waals surface area contributed by atoms with Crippen LogP contribution in [-0.2, 0) is 0 Å². The van der Waals surface area contributed by atoms with E-state index >= 15 is 0 Å². The first kappa shape index (κ1) is 27.7. The second kappa shape index (κ2) is 10.3. The molecule has 4 heteroatoms. The summed E-state index contributed by atoms with van der Waals surface area (Å²) in [6, 6.07) is 60.9. The van der Waals surface area contributed by atoms with Crippen LogP contribution in [0.5, 0.6) is 0 Å². The smallest absolute Gasteiger partial charge is 0.0973 e. The van der Waals surface area contributed by atoms with Crippen LogP contribution in [0.3, 0.4) is 0 Å². The number of aromatic nitrogens is 4. The highest BCUT2D eigenvalue weighted by Gasteiger charge is 2.22. The molecule has 240 valence electrons. The first-order chi connectivity index (χ1) is 25.8. The van der Waals surface area contributed by atoms with E-state index < -0.39 is 0 Å². The van der Waals surface area contributed by atoms with Gasteiger partial charge in [-0.05, 0) is 47.2 Å². The lowest BCUT2D eigenvalue weighted by Crippen LogP contribution is -1.99. The summed E-state index contributed by atoms with van der Waals surface area (Å²) in [5.41, 5.74) is 12.7. The lowest BCUT2D eigenvalue weighted by molar-refractivity contribution is 1.18. The molecule has 4 heterocycles. The summed E-state index contributed by atoms with van der Waals surface area (Å²) in [7, 11) is 0. The molecule has 0 amide bonds. The molecule has 0 radical (unpaired) electrons. The van der Waals surface area contributed by atoms with Crippen LogP contribution >= 0.6 is 0 Å². The molecule has 0 unspecified atom stereocenters. The predicted molar refractivity (Wildman–Crippen MR) is 217 cm³/mol. The fourth-order valence-electron chi connectivity index (χ4n) is 8.86. The Morgan fingerprint density at radius 3 is 1.65 bits per heavy atom. The van der Waals surface area contributed by atoms with Crippen molar-refractivity contribution in [3.8, 4) is 28.2 Å². The zero-order valence-corrected chi connectivity index (χ0v) is 28.0. The van der Waals surface area contributed by atoms with Gasteiger partial charge >= 0.3 is 0 Å². The van der Waals surface area contributed by atoms with Crippen molar-refractivity contribution in [3.05, 3.63) is 170 Å². The van der Waals surface area contributed by atoms with Gasteiger partial charge in [-0.2, -0.15) is 0 Å². The maximum atomic E-state index is 5.36. The summed E-state index contributed by atoms with van der Waals surface area (Å²) < 4.78 is 4.92.